The highest BCUT2D eigenvalue weighted by Crippen LogP contribution is 2.22. The van der Waals surface area contributed by atoms with Gasteiger partial charge in [-0.2, -0.15) is 0 Å². The monoisotopic (exact) mass is 415 g/mol. The van der Waals surface area contributed by atoms with Gasteiger partial charge in [0.05, 0.1) is 18.1 Å². The van der Waals surface area contributed by atoms with E-state index in [1.807, 2.05) is 60.9 Å². The molecule has 3 aromatic rings. The van der Waals surface area contributed by atoms with Gasteiger partial charge in [0, 0.05) is 23.5 Å². The maximum Gasteiger partial charge on any atom is 0.234 e. The molecular weight excluding hydrogens is 394 g/mol. The summed E-state index contributed by atoms with van der Waals surface area (Å²) in [5, 5.41) is 13.8. The van der Waals surface area contributed by atoms with Crippen molar-refractivity contribution in [2.45, 2.75) is 32.2 Å². The molecule has 0 spiro atoms. The number of aryl methyl sites for hydroxylation is 2. The van der Waals surface area contributed by atoms with E-state index in [-0.39, 0.29) is 18.3 Å². The molecular formula is C21H22ClN3O2S. The number of thioether (sulfide) groups is 1. The number of rotatable bonds is 7. The Balaban J connectivity index is 1.67. The van der Waals surface area contributed by atoms with Crippen molar-refractivity contribution in [3.05, 3.63) is 76.1 Å². The van der Waals surface area contributed by atoms with Crippen LogP contribution < -0.4 is 5.32 Å². The van der Waals surface area contributed by atoms with Gasteiger partial charge in [0.2, 0.25) is 5.91 Å². The number of carbonyl (C=O) groups is 1. The van der Waals surface area contributed by atoms with E-state index in [4.69, 9.17) is 11.6 Å². The van der Waals surface area contributed by atoms with E-state index in [0.29, 0.717) is 22.4 Å². The Morgan fingerprint density at radius 3 is 2.68 bits per heavy atom. The van der Waals surface area contributed by atoms with Gasteiger partial charge in [-0.3, -0.25) is 4.79 Å². The second-order valence-electron chi connectivity index (χ2n) is 6.58. The Kier molecular flexibility index (Phi) is 6.78. The molecule has 3 rings (SSSR count). The Hall–Kier alpha value is -2.28. The molecule has 5 nitrogen and oxygen atoms in total. The van der Waals surface area contributed by atoms with Gasteiger partial charge in [-0.1, -0.05) is 47.6 Å². The summed E-state index contributed by atoms with van der Waals surface area (Å²) in [5.74, 6) is 0.140. The average Bonchev–Trinajstić information content (AvgIpc) is 3.07. The summed E-state index contributed by atoms with van der Waals surface area (Å²) < 4.78 is 1.94. The van der Waals surface area contributed by atoms with Gasteiger partial charge in [-0.15, -0.1) is 0 Å². The molecule has 0 bridgehead atoms. The minimum Gasteiger partial charge on any atom is -0.390 e. The molecule has 7 heteroatoms. The fraction of sp³-hybridized carbons (Fsp3) is 0.238. The van der Waals surface area contributed by atoms with E-state index in [2.05, 4.69) is 10.3 Å². The number of benzene rings is 2. The summed E-state index contributed by atoms with van der Waals surface area (Å²) in [7, 11) is 0. The molecule has 1 heterocycles. The number of nitrogens with one attached hydrogen (secondary N) is 1. The molecule has 0 aliphatic heterocycles. The first-order chi connectivity index (χ1) is 13.4. The first kappa shape index (κ1) is 20.5. The first-order valence-corrected chi connectivity index (χ1v) is 10.2. The Morgan fingerprint density at radius 1 is 1.21 bits per heavy atom. The largest absolute Gasteiger partial charge is 0.390 e. The smallest absolute Gasteiger partial charge is 0.234 e. The number of halogens is 1. The van der Waals surface area contributed by atoms with Gasteiger partial charge in [-0.25, -0.2) is 4.98 Å². The van der Waals surface area contributed by atoms with Gasteiger partial charge in [0.1, 0.15) is 0 Å². The summed E-state index contributed by atoms with van der Waals surface area (Å²) in [6.07, 6.45) is 1.81. The molecule has 0 saturated carbocycles. The van der Waals surface area contributed by atoms with E-state index >= 15 is 0 Å². The van der Waals surface area contributed by atoms with Gasteiger partial charge in [0.15, 0.2) is 5.16 Å². The van der Waals surface area contributed by atoms with Crippen LogP contribution >= 0.6 is 23.4 Å². The van der Waals surface area contributed by atoms with Crippen molar-refractivity contribution in [3.63, 3.8) is 0 Å². The summed E-state index contributed by atoms with van der Waals surface area (Å²) >= 11 is 7.29. The molecule has 0 unspecified atom stereocenters. The molecule has 0 aliphatic rings. The van der Waals surface area contributed by atoms with Crippen molar-refractivity contribution in [1.29, 1.82) is 0 Å². The zero-order chi connectivity index (χ0) is 20.1. The van der Waals surface area contributed by atoms with Crippen LogP contribution in [-0.4, -0.2) is 26.3 Å². The highest BCUT2D eigenvalue weighted by atomic mass is 35.5. The quantitative estimate of drug-likeness (QED) is 0.560. The van der Waals surface area contributed by atoms with E-state index in [1.165, 1.54) is 11.8 Å². The molecule has 28 heavy (non-hydrogen) atoms. The van der Waals surface area contributed by atoms with Crippen LogP contribution in [0.4, 0.5) is 5.69 Å². The van der Waals surface area contributed by atoms with Crippen LogP contribution in [0.2, 0.25) is 5.02 Å². The number of aliphatic hydroxyl groups excluding tert-OH is 1. The zero-order valence-electron chi connectivity index (χ0n) is 15.8. The summed E-state index contributed by atoms with van der Waals surface area (Å²) in [5.41, 5.74) is 4.58. The molecule has 2 aromatic carbocycles. The molecule has 0 radical (unpaired) electrons. The van der Waals surface area contributed by atoms with Crippen molar-refractivity contribution in [2.24, 2.45) is 0 Å². The van der Waals surface area contributed by atoms with E-state index < -0.39 is 0 Å². The average molecular weight is 416 g/mol. The van der Waals surface area contributed by atoms with E-state index in [9.17, 15) is 9.90 Å². The number of hydrogen-bond acceptors (Lipinski definition) is 4. The fourth-order valence-corrected chi connectivity index (χ4v) is 3.65. The molecule has 0 aliphatic carbocycles. The predicted octanol–water partition coefficient (Wildman–Crippen LogP) is 4.42. The lowest BCUT2D eigenvalue weighted by Gasteiger charge is -2.10. The zero-order valence-corrected chi connectivity index (χ0v) is 17.3. The minimum atomic E-state index is -0.143. The number of hydrogen-bond donors (Lipinski definition) is 2. The third-order valence-corrected chi connectivity index (χ3v) is 5.46. The highest BCUT2D eigenvalue weighted by molar-refractivity contribution is 7.99. The maximum absolute atomic E-state index is 12.4. The predicted molar refractivity (Wildman–Crippen MR) is 114 cm³/mol. The summed E-state index contributed by atoms with van der Waals surface area (Å²) in [6.45, 7) is 4.41. The third kappa shape index (κ3) is 5.38. The Morgan fingerprint density at radius 2 is 1.96 bits per heavy atom. The first-order valence-electron chi connectivity index (χ1n) is 8.86. The molecule has 146 valence electrons. The van der Waals surface area contributed by atoms with Crippen molar-refractivity contribution in [1.82, 2.24) is 9.55 Å². The van der Waals surface area contributed by atoms with Crippen LogP contribution in [0.3, 0.4) is 0 Å². The molecule has 0 fully saturated rings. The molecule has 0 atom stereocenters. The normalized spacial score (nSPS) is 10.9. The lowest BCUT2D eigenvalue weighted by molar-refractivity contribution is -0.113. The van der Waals surface area contributed by atoms with Crippen LogP contribution in [0.25, 0.3) is 0 Å². The summed E-state index contributed by atoms with van der Waals surface area (Å²) in [4.78, 5) is 16.8. The van der Waals surface area contributed by atoms with Crippen molar-refractivity contribution in [3.8, 4) is 0 Å². The topological polar surface area (TPSA) is 67.2 Å². The van der Waals surface area contributed by atoms with E-state index in [0.717, 1.165) is 22.4 Å². The second kappa shape index (κ2) is 9.28. The lowest BCUT2D eigenvalue weighted by Crippen LogP contribution is -2.15. The van der Waals surface area contributed by atoms with Crippen LogP contribution in [-0.2, 0) is 17.9 Å². The van der Waals surface area contributed by atoms with Crippen molar-refractivity contribution in [2.75, 3.05) is 11.1 Å². The highest BCUT2D eigenvalue weighted by Gasteiger charge is 2.12. The lowest BCUT2D eigenvalue weighted by atomic mass is 10.1. The number of aliphatic hydroxyl groups is 1. The van der Waals surface area contributed by atoms with Crippen LogP contribution in [0.5, 0.6) is 0 Å². The number of anilines is 1. The van der Waals surface area contributed by atoms with Crippen molar-refractivity contribution < 1.29 is 9.90 Å². The number of aromatic nitrogens is 2. The molecule has 0 saturated heterocycles. The number of amides is 1. The Bertz CT molecular complexity index is 970. The van der Waals surface area contributed by atoms with E-state index in [1.54, 1.807) is 6.20 Å². The fourth-order valence-electron chi connectivity index (χ4n) is 2.73. The van der Waals surface area contributed by atoms with Crippen LogP contribution in [0.1, 0.15) is 22.4 Å². The SMILES string of the molecule is Cc1ccc(C)c(NC(=O)CSc2nc(CO)cn2Cc2ccc(Cl)cc2)c1. The van der Waals surface area contributed by atoms with Gasteiger partial charge in [0.25, 0.3) is 0 Å². The number of carbonyl (C=O) groups excluding carboxylic acids is 1. The Labute approximate surface area is 173 Å². The van der Waals surface area contributed by atoms with Crippen molar-refractivity contribution >= 4 is 35.0 Å². The second-order valence-corrected chi connectivity index (χ2v) is 7.96. The van der Waals surface area contributed by atoms with Gasteiger partial charge >= 0.3 is 0 Å². The van der Waals surface area contributed by atoms with Crippen LogP contribution in [0, 0.1) is 13.8 Å². The minimum absolute atomic E-state index is 0.0923. The number of imidazole rings is 1. The number of nitrogens with zero attached hydrogens (tertiary/aromatic N) is 2. The molecule has 2 N–H and O–H groups in total. The van der Waals surface area contributed by atoms with Crippen LogP contribution in [0.15, 0.2) is 53.8 Å². The van der Waals surface area contributed by atoms with Gasteiger partial charge < -0.3 is 15.0 Å². The molecule has 1 aromatic heterocycles. The standard InChI is InChI=1S/C21H22ClN3O2S/c1-14-3-4-15(2)19(9-14)24-20(27)13-28-21-23-18(12-26)11-25(21)10-16-5-7-17(22)8-6-16/h3-9,11,26H,10,12-13H2,1-2H3,(H,24,27). The van der Waals surface area contributed by atoms with Gasteiger partial charge in [-0.05, 0) is 48.7 Å². The molecule has 1 amide bonds. The summed E-state index contributed by atoms with van der Waals surface area (Å²) in [6, 6.07) is 13.5. The maximum atomic E-state index is 12.4. The third-order valence-electron chi connectivity index (χ3n) is 4.22.